The molecule has 31 heavy (non-hydrogen) atoms. The van der Waals surface area contributed by atoms with E-state index < -0.39 is 44.6 Å². The van der Waals surface area contributed by atoms with Crippen molar-refractivity contribution in [3.63, 3.8) is 0 Å². The van der Waals surface area contributed by atoms with E-state index in [1.165, 1.54) is 57.4 Å². The molecule has 0 aliphatic rings. The summed E-state index contributed by atoms with van der Waals surface area (Å²) in [6.07, 6.45) is 0. The van der Waals surface area contributed by atoms with Gasteiger partial charge in [0, 0.05) is 19.8 Å². The zero-order valence-corrected chi connectivity index (χ0v) is 18.7. The molecule has 0 unspecified atom stereocenters. The van der Waals surface area contributed by atoms with Gasteiger partial charge in [-0.2, -0.15) is 4.72 Å². The molecule has 0 bridgehead atoms. The Hall–Kier alpha value is -2.80. The molecule has 10 nitrogen and oxygen atoms in total. The molecular formula is C19H23N3O7S2. The highest BCUT2D eigenvalue weighted by molar-refractivity contribution is 7.89. The van der Waals surface area contributed by atoms with Gasteiger partial charge in [-0.25, -0.2) is 21.1 Å². The Morgan fingerprint density at radius 3 is 2.19 bits per heavy atom. The van der Waals surface area contributed by atoms with Crippen molar-refractivity contribution in [1.82, 2.24) is 9.03 Å². The van der Waals surface area contributed by atoms with Crippen molar-refractivity contribution in [3.05, 3.63) is 54.6 Å². The molecule has 2 N–H and O–H groups in total. The van der Waals surface area contributed by atoms with Crippen LogP contribution in [0.25, 0.3) is 0 Å². The second-order valence-electron chi connectivity index (χ2n) is 6.63. The number of esters is 1. The van der Waals surface area contributed by atoms with Crippen molar-refractivity contribution in [3.8, 4) is 0 Å². The predicted octanol–water partition coefficient (Wildman–Crippen LogP) is 0.786. The summed E-state index contributed by atoms with van der Waals surface area (Å²) >= 11 is 0. The van der Waals surface area contributed by atoms with Gasteiger partial charge >= 0.3 is 5.97 Å². The molecule has 0 saturated heterocycles. The molecule has 0 fully saturated rings. The number of benzene rings is 2. The smallest absolute Gasteiger partial charge is 0.324 e. The number of sulfonamides is 2. The third kappa shape index (κ3) is 6.59. The second-order valence-corrected chi connectivity index (χ2v) is 10.5. The van der Waals surface area contributed by atoms with Crippen LogP contribution in [-0.4, -0.2) is 59.8 Å². The Balaban J connectivity index is 1.93. The molecule has 0 saturated carbocycles. The molecule has 0 aliphatic carbocycles. The van der Waals surface area contributed by atoms with Gasteiger partial charge in [0.05, 0.1) is 9.79 Å². The van der Waals surface area contributed by atoms with Gasteiger partial charge in [0.1, 0.15) is 6.04 Å². The molecule has 2 aromatic carbocycles. The zero-order valence-electron chi connectivity index (χ0n) is 17.1. The van der Waals surface area contributed by atoms with Gasteiger partial charge in [-0.1, -0.05) is 24.3 Å². The molecule has 0 aliphatic heterocycles. The predicted molar refractivity (Wildman–Crippen MR) is 113 cm³/mol. The number of nitrogens with one attached hydrogen (secondary N) is 2. The summed E-state index contributed by atoms with van der Waals surface area (Å²) in [4.78, 5) is 24.1. The summed E-state index contributed by atoms with van der Waals surface area (Å²) < 4.78 is 56.9. The third-order valence-corrected chi connectivity index (χ3v) is 7.35. The topological polar surface area (TPSA) is 139 Å². The molecule has 0 aromatic heterocycles. The Morgan fingerprint density at radius 1 is 0.968 bits per heavy atom. The van der Waals surface area contributed by atoms with Crippen LogP contribution in [0.15, 0.2) is 64.4 Å². The second kappa shape index (κ2) is 10.0. The average Bonchev–Trinajstić information content (AvgIpc) is 2.72. The summed E-state index contributed by atoms with van der Waals surface area (Å²) in [6.45, 7) is 0.608. The van der Waals surface area contributed by atoms with Crippen molar-refractivity contribution < 1.29 is 31.2 Å². The van der Waals surface area contributed by atoms with Crippen LogP contribution in [0.3, 0.4) is 0 Å². The van der Waals surface area contributed by atoms with E-state index in [9.17, 15) is 26.4 Å². The van der Waals surface area contributed by atoms with Gasteiger partial charge in [-0.3, -0.25) is 9.59 Å². The lowest BCUT2D eigenvalue weighted by Gasteiger charge is -2.14. The third-order valence-electron chi connectivity index (χ3n) is 3.98. The lowest BCUT2D eigenvalue weighted by molar-refractivity contribution is -0.148. The fourth-order valence-electron chi connectivity index (χ4n) is 2.35. The molecule has 1 atom stereocenters. The van der Waals surface area contributed by atoms with Crippen LogP contribution >= 0.6 is 0 Å². The number of carbonyl (C=O) groups is 2. The maximum absolute atomic E-state index is 12.2. The van der Waals surface area contributed by atoms with E-state index in [2.05, 4.69) is 10.0 Å². The standard InChI is InChI=1S/C19H23N3O7S2/c1-14(21-30(25,26)16-9-5-4-6-10-16)19(24)29-13-18(23)20-15-8-7-11-17(12-15)31(27,28)22(2)3/h4-12,14,21H,13H2,1-3H3,(H,20,23)/t14-/m0/s1. The summed E-state index contributed by atoms with van der Waals surface area (Å²) in [5, 5.41) is 2.42. The van der Waals surface area contributed by atoms with Crippen LogP contribution in [0.4, 0.5) is 5.69 Å². The van der Waals surface area contributed by atoms with E-state index in [0.29, 0.717) is 0 Å². The van der Waals surface area contributed by atoms with Crippen molar-refractivity contribution >= 4 is 37.6 Å². The first kappa shape index (κ1) is 24.5. The monoisotopic (exact) mass is 469 g/mol. The van der Waals surface area contributed by atoms with Gasteiger partial charge in [0.2, 0.25) is 20.0 Å². The van der Waals surface area contributed by atoms with Crippen molar-refractivity contribution in [1.29, 1.82) is 0 Å². The van der Waals surface area contributed by atoms with Crippen molar-refractivity contribution in [2.75, 3.05) is 26.0 Å². The van der Waals surface area contributed by atoms with E-state index in [1.807, 2.05) is 0 Å². The minimum atomic E-state index is -3.93. The molecule has 0 spiro atoms. The quantitative estimate of drug-likeness (QED) is 0.518. The minimum absolute atomic E-state index is 0.0139. The van der Waals surface area contributed by atoms with Crippen molar-refractivity contribution in [2.24, 2.45) is 0 Å². The van der Waals surface area contributed by atoms with Crippen LogP contribution in [0.1, 0.15) is 6.92 Å². The molecule has 2 rings (SSSR count). The van der Waals surface area contributed by atoms with Crippen LogP contribution < -0.4 is 10.0 Å². The SMILES string of the molecule is C[C@H](NS(=O)(=O)c1ccccc1)C(=O)OCC(=O)Nc1cccc(S(=O)(=O)N(C)C)c1. The largest absolute Gasteiger partial charge is 0.454 e. The van der Waals surface area contributed by atoms with Crippen LogP contribution in [0, 0.1) is 0 Å². The zero-order chi connectivity index (χ0) is 23.2. The van der Waals surface area contributed by atoms with Gasteiger partial charge in [0.15, 0.2) is 6.61 Å². The first-order valence-corrected chi connectivity index (χ1v) is 11.9. The first-order valence-electron chi connectivity index (χ1n) is 9.00. The number of rotatable bonds is 9. The summed E-state index contributed by atoms with van der Waals surface area (Å²) in [7, 11) is -4.85. The van der Waals surface area contributed by atoms with Gasteiger partial charge in [-0.15, -0.1) is 0 Å². The van der Waals surface area contributed by atoms with Gasteiger partial charge in [-0.05, 0) is 37.3 Å². The molecule has 12 heteroatoms. The van der Waals surface area contributed by atoms with E-state index >= 15 is 0 Å². The lowest BCUT2D eigenvalue weighted by Crippen LogP contribution is -2.40. The van der Waals surface area contributed by atoms with Gasteiger partial charge in [0.25, 0.3) is 5.91 Å². The molecule has 168 valence electrons. The number of carbonyl (C=O) groups excluding carboxylic acids is 2. The van der Waals surface area contributed by atoms with E-state index in [0.717, 1.165) is 4.31 Å². The maximum atomic E-state index is 12.2. The molecule has 1 amide bonds. The van der Waals surface area contributed by atoms with Gasteiger partial charge < -0.3 is 10.1 Å². The van der Waals surface area contributed by atoms with E-state index in [-0.39, 0.29) is 15.5 Å². The summed E-state index contributed by atoms with van der Waals surface area (Å²) in [5.41, 5.74) is 0.196. The van der Waals surface area contributed by atoms with Crippen LogP contribution in [0.2, 0.25) is 0 Å². The number of hydrogen-bond acceptors (Lipinski definition) is 7. The molecule has 0 radical (unpaired) electrons. The highest BCUT2D eigenvalue weighted by Gasteiger charge is 2.23. The number of nitrogens with zero attached hydrogens (tertiary/aromatic N) is 1. The van der Waals surface area contributed by atoms with Crippen molar-refractivity contribution in [2.45, 2.75) is 22.8 Å². The number of hydrogen-bond donors (Lipinski definition) is 2. The highest BCUT2D eigenvalue weighted by atomic mass is 32.2. The normalized spacial score (nSPS) is 12.9. The Morgan fingerprint density at radius 2 is 1.58 bits per heavy atom. The number of amides is 1. The summed E-state index contributed by atoms with van der Waals surface area (Å²) in [6, 6.07) is 11.8. The lowest BCUT2D eigenvalue weighted by atomic mass is 10.3. The number of anilines is 1. The molecule has 0 heterocycles. The minimum Gasteiger partial charge on any atom is -0.454 e. The van der Waals surface area contributed by atoms with E-state index in [4.69, 9.17) is 4.74 Å². The van der Waals surface area contributed by atoms with Crippen LogP contribution in [-0.2, 0) is 34.4 Å². The average molecular weight is 470 g/mol. The molecular weight excluding hydrogens is 446 g/mol. The first-order chi connectivity index (χ1) is 14.4. The Labute approximate surface area is 181 Å². The van der Waals surface area contributed by atoms with Crippen LogP contribution in [0.5, 0.6) is 0 Å². The Bertz CT molecular complexity index is 1150. The fraction of sp³-hybridized carbons (Fsp3) is 0.263. The highest BCUT2D eigenvalue weighted by Crippen LogP contribution is 2.18. The number of ether oxygens (including phenoxy) is 1. The van der Waals surface area contributed by atoms with E-state index in [1.54, 1.807) is 18.2 Å². The maximum Gasteiger partial charge on any atom is 0.324 e. The molecule has 2 aromatic rings. The Kier molecular flexibility index (Phi) is 7.90. The fourth-order valence-corrected chi connectivity index (χ4v) is 4.51. The summed E-state index contributed by atoms with van der Waals surface area (Å²) in [5.74, 6) is -1.66.